The number of aromatic nitrogens is 2. The predicted octanol–water partition coefficient (Wildman–Crippen LogP) is 4.23. The molecule has 0 radical (unpaired) electrons. The molecule has 6 nitrogen and oxygen atoms in total. The van der Waals surface area contributed by atoms with Gasteiger partial charge < -0.3 is 0 Å². The Morgan fingerprint density at radius 2 is 2.10 bits per heavy atom. The van der Waals surface area contributed by atoms with Crippen molar-refractivity contribution in [3.63, 3.8) is 0 Å². The Labute approximate surface area is 177 Å². The number of carbonyl (C=O) groups is 1. The van der Waals surface area contributed by atoms with Gasteiger partial charge in [-0.25, -0.2) is 9.98 Å². The first kappa shape index (κ1) is 19.8. The van der Waals surface area contributed by atoms with Gasteiger partial charge in [-0.2, -0.15) is 0 Å². The van der Waals surface area contributed by atoms with Crippen LogP contribution in [0.25, 0.3) is 10.2 Å². The molecule has 0 saturated carbocycles. The number of benzene rings is 1. The van der Waals surface area contributed by atoms with E-state index in [0.29, 0.717) is 27.8 Å². The van der Waals surface area contributed by atoms with E-state index in [-0.39, 0.29) is 18.0 Å². The molecule has 0 spiro atoms. The Bertz CT molecular complexity index is 1130. The van der Waals surface area contributed by atoms with Crippen molar-refractivity contribution in [3.8, 4) is 0 Å². The van der Waals surface area contributed by atoms with Crippen molar-refractivity contribution in [1.82, 2.24) is 14.5 Å². The van der Waals surface area contributed by atoms with Crippen molar-refractivity contribution in [2.75, 3.05) is 12.3 Å². The zero-order valence-electron chi connectivity index (χ0n) is 16.4. The topological polar surface area (TPSA) is 67.6 Å². The molecule has 0 bridgehead atoms. The highest BCUT2D eigenvalue weighted by molar-refractivity contribution is 8.13. The zero-order chi connectivity index (χ0) is 20.4. The van der Waals surface area contributed by atoms with Gasteiger partial charge in [-0.05, 0) is 35.4 Å². The number of rotatable bonds is 4. The van der Waals surface area contributed by atoms with E-state index in [1.807, 2.05) is 23.6 Å². The molecule has 1 amide bonds. The smallest absolute Gasteiger partial charge is 0.262 e. The van der Waals surface area contributed by atoms with Gasteiger partial charge >= 0.3 is 0 Å². The van der Waals surface area contributed by atoms with Crippen LogP contribution in [0, 0.1) is 0 Å². The van der Waals surface area contributed by atoms with Gasteiger partial charge in [-0.15, -0.1) is 11.3 Å². The van der Waals surface area contributed by atoms with Crippen molar-refractivity contribution in [1.29, 1.82) is 0 Å². The summed E-state index contributed by atoms with van der Waals surface area (Å²) in [5.41, 5.74) is 1.86. The van der Waals surface area contributed by atoms with Gasteiger partial charge in [0.25, 0.3) is 5.56 Å². The van der Waals surface area contributed by atoms with Crippen molar-refractivity contribution < 1.29 is 4.79 Å². The van der Waals surface area contributed by atoms with Crippen LogP contribution in [0.1, 0.15) is 31.7 Å². The molecule has 29 heavy (non-hydrogen) atoms. The molecule has 0 unspecified atom stereocenters. The first-order valence-corrected chi connectivity index (χ1v) is 11.4. The number of aliphatic imine (C=N–C) groups is 1. The summed E-state index contributed by atoms with van der Waals surface area (Å²) in [7, 11) is 0. The number of carbonyl (C=O) groups excluding carboxylic acids is 1. The standard InChI is InChI=1S/C21H22N4O2S2/c1-14(2)15-6-3-4-7-17(15)23-21-25(9-5-10-29-21)18(26)12-24-13-22-19-16(20(24)27)8-11-28-19/h3-4,6-8,11,13-14H,5,9-10,12H2,1-2H3. The lowest BCUT2D eigenvalue weighted by atomic mass is 10.0. The molecule has 0 N–H and O–H groups in total. The maximum atomic E-state index is 13.1. The van der Waals surface area contributed by atoms with E-state index in [2.05, 4.69) is 24.9 Å². The van der Waals surface area contributed by atoms with Crippen LogP contribution in [0.2, 0.25) is 0 Å². The second-order valence-electron chi connectivity index (χ2n) is 7.17. The maximum absolute atomic E-state index is 13.1. The number of amidine groups is 1. The van der Waals surface area contributed by atoms with Crippen LogP contribution in [0.5, 0.6) is 0 Å². The zero-order valence-corrected chi connectivity index (χ0v) is 18.0. The molecule has 3 aromatic rings. The summed E-state index contributed by atoms with van der Waals surface area (Å²) in [5, 5.41) is 3.09. The van der Waals surface area contributed by atoms with E-state index >= 15 is 0 Å². The minimum atomic E-state index is -0.182. The summed E-state index contributed by atoms with van der Waals surface area (Å²) in [6.07, 6.45) is 2.36. The number of hydrogen-bond acceptors (Lipinski definition) is 6. The van der Waals surface area contributed by atoms with E-state index in [4.69, 9.17) is 4.99 Å². The highest BCUT2D eigenvalue weighted by atomic mass is 32.2. The normalized spacial score (nSPS) is 16.1. The third-order valence-corrected chi connectivity index (χ3v) is 6.70. The number of fused-ring (bicyclic) bond motifs is 1. The number of para-hydroxylation sites is 1. The second kappa shape index (κ2) is 8.51. The fourth-order valence-electron chi connectivity index (χ4n) is 3.30. The first-order chi connectivity index (χ1) is 14.0. The van der Waals surface area contributed by atoms with E-state index in [0.717, 1.165) is 23.4 Å². The van der Waals surface area contributed by atoms with Gasteiger partial charge in [0.05, 0.1) is 17.4 Å². The summed E-state index contributed by atoms with van der Waals surface area (Å²) >= 11 is 3.01. The minimum absolute atomic E-state index is 0.0387. The third-order valence-electron chi connectivity index (χ3n) is 4.82. The average molecular weight is 427 g/mol. The molecule has 1 fully saturated rings. The average Bonchev–Trinajstić information content (AvgIpc) is 3.20. The summed E-state index contributed by atoms with van der Waals surface area (Å²) in [6.45, 7) is 4.84. The van der Waals surface area contributed by atoms with Crippen molar-refractivity contribution in [3.05, 3.63) is 58.0 Å². The molecule has 2 aromatic heterocycles. The van der Waals surface area contributed by atoms with Crippen molar-refractivity contribution in [2.24, 2.45) is 4.99 Å². The van der Waals surface area contributed by atoms with Crippen LogP contribution in [0.3, 0.4) is 0 Å². The van der Waals surface area contributed by atoms with Gasteiger partial charge in [0.15, 0.2) is 5.17 Å². The molecule has 0 atom stereocenters. The van der Waals surface area contributed by atoms with Crippen molar-refractivity contribution >= 4 is 50.1 Å². The van der Waals surface area contributed by atoms with E-state index in [1.165, 1.54) is 22.2 Å². The molecule has 8 heteroatoms. The largest absolute Gasteiger partial charge is 0.290 e. The number of thiophene rings is 1. The highest BCUT2D eigenvalue weighted by Crippen LogP contribution is 2.29. The quantitative estimate of drug-likeness (QED) is 0.626. The SMILES string of the molecule is CC(C)c1ccccc1N=C1SCCCN1C(=O)Cn1cnc2sccc2c1=O. The van der Waals surface area contributed by atoms with Gasteiger partial charge in [0, 0.05) is 12.3 Å². The molecule has 3 heterocycles. The number of hydrogen-bond donors (Lipinski definition) is 0. The Morgan fingerprint density at radius 3 is 2.93 bits per heavy atom. The monoisotopic (exact) mass is 426 g/mol. The van der Waals surface area contributed by atoms with Gasteiger partial charge in [0.1, 0.15) is 11.4 Å². The van der Waals surface area contributed by atoms with E-state index in [9.17, 15) is 9.59 Å². The van der Waals surface area contributed by atoms with Crippen LogP contribution >= 0.6 is 23.1 Å². The molecular weight excluding hydrogens is 404 g/mol. The summed E-state index contributed by atoms with van der Waals surface area (Å²) < 4.78 is 1.39. The summed E-state index contributed by atoms with van der Waals surface area (Å²) in [5.74, 6) is 1.13. The third kappa shape index (κ3) is 4.13. The molecule has 0 aliphatic carbocycles. The van der Waals surface area contributed by atoms with E-state index in [1.54, 1.807) is 22.7 Å². The Morgan fingerprint density at radius 1 is 1.28 bits per heavy atom. The molecule has 1 aromatic carbocycles. The Balaban J connectivity index is 1.62. The minimum Gasteiger partial charge on any atom is -0.290 e. The highest BCUT2D eigenvalue weighted by Gasteiger charge is 2.25. The molecule has 4 rings (SSSR count). The van der Waals surface area contributed by atoms with Crippen LogP contribution < -0.4 is 5.56 Å². The Hall–Kier alpha value is -2.45. The van der Waals surface area contributed by atoms with Gasteiger partial charge in [-0.3, -0.25) is 19.1 Å². The number of thioether (sulfide) groups is 1. The lowest BCUT2D eigenvalue weighted by Crippen LogP contribution is -2.42. The Kier molecular flexibility index (Phi) is 5.82. The predicted molar refractivity (Wildman–Crippen MR) is 120 cm³/mol. The fraction of sp³-hybridized carbons (Fsp3) is 0.333. The molecule has 1 saturated heterocycles. The number of amides is 1. The molecular formula is C21H22N4O2S2. The molecule has 1 aliphatic rings. The first-order valence-electron chi connectivity index (χ1n) is 9.58. The maximum Gasteiger partial charge on any atom is 0.262 e. The van der Waals surface area contributed by atoms with E-state index < -0.39 is 0 Å². The van der Waals surface area contributed by atoms with Gasteiger partial charge in [0.2, 0.25) is 5.91 Å². The van der Waals surface area contributed by atoms with Gasteiger partial charge in [-0.1, -0.05) is 43.8 Å². The summed E-state index contributed by atoms with van der Waals surface area (Å²) in [6, 6.07) is 9.79. The lowest BCUT2D eigenvalue weighted by molar-refractivity contribution is -0.128. The second-order valence-corrected chi connectivity index (χ2v) is 9.13. The lowest BCUT2D eigenvalue weighted by Gasteiger charge is -2.28. The van der Waals surface area contributed by atoms with Crippen LogP contribution in [-0.2, 0) is 11.3 Å². The van der Waals surface area contributed by atoms with Crippen LogP contribution in [0.15, 0.2) is 51.8 Å². The fourth-order valence-corrected chi connectivity index (χ4v) is 4.99. The van der Waals surface area contributed by atoms with Crippen molar-refractivity contribution in [2.45, 2.75) is 32.7 Å². The summed E-state index contributed by atoms with van der Waals surface area (Å²) in [4.78, 5) is 37.2. The molecule has 150 valence electrons. The molecule has 1 aliphatic heterocycles. The van der Waals surface area contributed by atoms with Crippen LogP contribution in [-0.4, -0.2) is 37.8 Å². The van der Waals surface area contributed by atoms with Crippen LogP contribution in [0.4, 0.5) is 5.69 Å². The number of nitrogens with zero attached hydrogens (tertiary/aromatic N) is 4.